The average molecular weight is 139 g/mol. The third kappa shape index (κ3) is 1.47. The molecule has 1 rings (SSSR count). The summed E-state index contributed by atoms with van der Waals surface area (Å²) in [5, 5.41) is 0. The molecule has 0 radical (unpaired) electrons. The maximum atomic E-state index is 12.8. The monoisotopic (exact) mass is 139 g/mol. The molecule has 0 aromatic carbocycles. The molecular formula is C8H10FN. The molecule has 0 aromatic heterocycles. The van der Waals surface area contributed by atoms with Crippen LogP contribution in [-0.2, 0) is 0 Å². The van der Waals surface area contributed by atoms with Crippen LogP contribution in [-0.4, -0.2) is 0 Å². The van der Waals surface area contributed by atoms with Crippen LogP contribution in [0, 0.1) is 5.92 Å². The van der Waals surface area contributed by atoms with Gasteiger partial charge >= 0.3 is 0 Å². The average Bonchev–Trinajstić information content (AvgIpc) is 1.96. The van der Waals surface area contributed by atoms with Gasteiger partial charge < -0.3 is 5.73 Å². The van der Waals surface area contributed by atoms with Crippen LogP contribution >= 0.6 is 0 Å². The van der Waals surface area contributed by atoms with Gasteiger partial charge in [0.25, 0.3) is 0 Å². The summed E-state index contributed by atoms with van der Waals surface area (Å²) in [6.07, 6.45) is 6.57. The Morgan fingerprint density at radius 3 is 3.00 bits per heavy atom. The van der Waals surface area contributed by atoms with Crippen LogP contribution < -0.4 is 5.73 Å². The van der Waals surface area contributed by atoms with Crippen molar-refractivity contribution in [3.63, 3.8) is 0 Å². The van der Waals surface area contributed by atoms with E-state index in [-0.39, 0.29) is 11.7 Å². The Hall–Kier alpha value is -1.05. The fourth-order valence-corrected chi connectivity index (χ4v) is 0.764. The van der Waals surface area contributed by atoms with Crippen LogP contribution in [0.25, 0.3) is 0 Å². The van der Waals surface area contributed by atoms with Crippen molar-refractivity contribution in [3.05, 3.63) is 35.8 Å². The minimum atomic E-state index is -0.178. The molecule has 0 aromatic rings. The van der Waals surface area contributed by atoms with E-state index in [4.69, 9.17) is 5.73 Å². The molecule has 1 atom stereocenters. The largest absolute Gasteiger partial charge is 0.399 e. The zero-order chi connectivity index (χ0) is 7.56. The van der Waals surface area contributed by atoms with Gasteiger partial charge in [0.05, 0.1) is 0 Å². The van der Waals surface area contributed by atoms with Crippen molar-refractivity contribution >= 4 is 0 Å². The highest BCUT2D eigenvalue weighted by Gasteiger charge is 2.05. The van der Waals surface area contributed by atoms with Gasteiger partial charge in [-0.25, -0.2) is 4.39 Å². The third-order valence-corrected chi connectivity index (χ3v) is 1.43. The normalized spacial score (nSPS) is 25.2. The van der Waals surface area contributed by atoms with Crippen molar-refractivity contribution in [1.82, 2.24) is 0 Å². The van der Waals surface area contributed by atoms with Gasteiger partial charge in [-0.15, -0.1) is 0 Å². The van der Waals surface area contributed by atoms with Gasteiger partial charge in [0.2, 0.25) is 0 Å². The van der Waals surface area contributed by atoms with Crippen molar-refractivity contribution < 1.29 is 4.39 Å². The predicted octanol–water partition coefficient (Wildman–Crippen LogP) is 1.89. The molecule has 2 N–H and O–H groups in total. The topological polar surface area (TPSA) is 26.0 Å². The maximum absolute atomic E-state index is 12.8. The van der Waals surface area contributed by atoms with Gasteiger partial charge in [-0.1, -0.05) is 19.1 Å². The predicted molar refractivity (Wildman–Crippen MR) is 39.8 cm³/mol. The molecule has 1 aliphatic rings. The minimum Gasteiger partial charge on any atom is -0.399 e. The van der Waals surface area contributed by atoms with Gasteiger partial charge in [-0.3, -0.25) is 0 Å². The molecule has 1 nitrogen and oxygen atoms in total. The summed E-state index contributed by atoms with van der Waals surface area (Å²) in [5.74, 6) is -0.320. The molecule has 10 heavy (non-hydrogen) atoms. The summed E-state index contributed by atoms with van der Waals surface area (Å²) in [7, 11) is 0. The lowest BCUT2D eigenvalue weighted by atomic mass is 10.1. The van der Waals surface area contributed by atoms with Gasteiger partial charge in [0.15, 0.2) is 0 Å². The molecule has 0 aliphatic heterocycles. The summed E-state index contributed by atoms with van der Waals surface area (Å²) in [6.45, 7) is 1.79. The Balaban J connectivity index is 2.90. The van der Waals surface area contributed by atoms with Gasteiger partial charge in [-0.2, -0.15) is 0 Å². The standard InChI is InChI=1S/C8H10FN/c1-6-3-2-4-7(10)5-8(6)9/h2-6H,10H2,1H3. The molecule has 0 fully saturated rings. The van der Waals surface area contributed by atoms with Crippen LogP contribution in [0.2, 0.25) is 0 Å². The Bertz CT molecular complexity index is 213. The first-order chi connectivity index (χ1) is 4.70. The summed E-state index contributed by atoms with van der Waals surface area (Å²) < 4.78 is 12.8. The van der Waals surface area contributed by atoms with E-state index in [1.54, 1.807) is 25.2 Å². The highest BCUT2D eigenvalue weighted by atomic mass is 19.1. The highest BCUT2D eigenvalue weighted by Crippen LogP contribution is 2.16. The first-order valence-electron chi connectivity index (χ1n) is 3.21. The summed E-state index contributed by atoms with van der Waals surface area (Å²) >= 11 is 0. The third-order valence-electron chi connectivity index (χ3n) is 1.43. The number of allylic oxidation sites excluding steroid dienone is 5. The van der Waals surface area contributed by atoms with Gasteiger partial charge in [0.1, 0.15) is 5.83 Å². The van der Waals surface area contributed by atoms with Crippen molar-refractivity contribution in [2.24, 2.45) is 11.7 Å². The molecule has 0 saturated heterocycles. The van der Waals surface area contributed by atoms with Crippen LogP contribution in [0.15, 0.2) is 35.8 Å². The van der Waals surface area contributed by atoms with E-state index in [1.807, 2.05) is 0 Å². The molecule has 0 saturated carbocycles. The first-order valence-corrected chi connectivity index (χ1v) is 3.21. The molecule has 0 amide bonds. The van der Waals surface area contributed by atoms with E-state index in [9.17, 15) is 4.39 Å². The second kappa shape index (κ2) is 2.69. The molecule has 1 aliphatic carbocycles. The van der Waals surface area contributed by atoms with Crippen molar-refractivity contribution in [2.75, 3.05) is 0 Å². The lowest BCUT2D eigenvalue weighted by Crippen LogP contribution is -1.94. The van der Waals surface area contributed by atoms with E-state index in [0.717, 1.165) is 0 Å². The molecule has 0 spiro atoms. The Kier molecular flexibility index (Phi) is 1.90. The van der Waals surface area contributed by atoms with Crippen molar-refractivity contribution in [2.45, 2.75) is 6.92 Å². The van der Waals surface area contributed by atoms with Crippen molar-refractivity contribution in [3.8, 4) is 0 Å². The van der Waals surface area contributed by atoms with Crippen molar-refractivity contribution in [1.29, 1.82) is 0 Å². The van der Waals surface area contributed by atoms with E-state index < -0.39 is 0 Å². The van der Waals surface area contributed by atoms with E-state index in [0.29, 0.717) is 5.70 Å². The van der Waals surface area contributed by atoms with E-state index in [1.165, 1.54) is 6.08 Å². The number of nitrogens with two attached hydrogens (primary N) is 1. The summed E-state index contributed by atoms with van der Waals surface area (Å²) in [5.41, 5.74) is 5.85. The molecular weight excluding hydrogens is 129 g/mol. The lowest BCUT2D eigenvalue weighted by molar-refractivity contribution is 0.548. The minimum absolute atomic E-state index is 0.141. The van der Waals surface area contributed by atoms with Gasteiger partial charge in [0, 0.05) is 11.6 Å². The summed E-state index contributed by atoms with van der Waals surface area (Å²) in [4.78, 5) is 0. The zero-order valence-electron chi connectivity index (χ0n) is 5.84. The smallest absolute Gasteiger partial charge is 0.109 e. The SMILES string of the molecule is CC1C=CC=C(N)C=C1F. The number of hydrogen-bond donors (Lipinski definition) is 1. The fourth-order valence-electron chi connectivity index (χ4n) is 0.764. The maximum Gasteiger partial charge on any atom is 0.109 e. The van der Waals surface area contributed by atoms with Crippen LogP contribution in [0.1, 0.15) is 6.92 Å². The zero-order valence-corrected chi connectivity index (χ0v) is 5.84. The molecule has 54 valence electrons. The molecule has 1 unspecified atom stereocenters. The number of rotatable bonds is 0. The second-order valence-electron chi connectivity index (χ2n) is 2.37. The Morgan fingerprint density at radius 2 is 2.30 bits per heavy atom. The number of halogens is 1. The van der Waals surface area contributed by atoms with Gasteiger partial charge in [-0.05, 0) is 12.2 Å². The highest BCUT2D eigenvalue weighted by molar-refractivity contribution is 5.28. The Labute approximate surface area is 59.7 Å². The number of hydrogen-bond acceptors (Lipinski definition) is 1. The fraction of sp³-hybridized carbons (Fsp3) is 0.250. The second-order valence-corrected chi connectivity index (χ2v) is 2.37. The van der Waals surface area contributed by atoms with Crippen LogP contribution in [0.3, 0.4) is 0 Å². The van der Waals surface area contributed by atoms with E-state index in [2.05, 4.69) is 0 Å². The first kappa shape index (κ1) is 7.06. The molecule has 2 heteroatoms. The molecule has 0 bridgehead atoms. The summed E-state index contributed by atoms with van der Waals surface area (Å²) in [6, 6.07) is 0. The van der Waals surface area contributed by atoms with E-state index >= 15 is 0 Å². The molecule has 0 heterocycles. The quantitative estimate of drug-likeness (QED) is 0.545. The lowest BCUT2D eigenvalue weighted by Gasteiger charge is -1.98. The van der Waals surface area contributed by atoms with Crippen LogP contribution in [0.4, 0.5) is 4.39 Å². The Morgan fingerprint density at radius 1 is 1.60 bits per heavy atom. The van der Waals surface area contributed by atoms with Crippen LogP contribution in [0.5, 0.6) is 0 Å².